The highest BCUT2D eigenvalue weighted by Gasteiger charge is 2.15. The second kappa shape index (κ2) is 9.05. The maximum Gasteiger partial charge on any atom is 0.251 e. The van der Waals surface area contributed by atoms with Crippen molar-refractivity contribution in [3.05, 3.63) is 77.6 Å². The van der Waals surface area contributed by atoms with E-state index in [-0.39, 0.29) is 11.9 Å². The van der Waals surface area contributed by atoms with Gasteiger partial charge in [0.15, 0.2) is 0 Å². The topological polar surface area (TPSA) is 67.4 Å². The minimum absolute atomic E-state index is 0.0595. The summed E-state index contributed by atoms with van der Waals surface area (Å²) in [6.45, 7) is 7.12. The van der Waals surface area contributed by atoms with Crippen LogP contribution < -0.4 is 10.2 Å². The Morgan fingerprint density at radius 3 is 2.43 bits per heavy atom. The molecule has 0 spiro atoms. The molecule has 6 heteroatoms. The second-order valence-corrected chi connectivity index (χ2v) is 7.54. The molecule has 1 amide bonds. The smallest absolute Gasteiger partial charge is 0.251 e. The van der Waals surface area contributed by atoms with E-state index in [1.807, 2.05) is 49.4 Å². The van der Waals surface area contributed by atoms with Gasteiger partial charge in [0.1, 0.15) is 12.1 Å². The molecule has 1 N–H and O–H groups in total. The van der Waals surface area contributed by atoms with E-state index in [0.29, 0.717) is 18.8 Å². The molecule has 1 aromatic heterocycles. The number of hydrogen-bond acceptors (Lipinski definition) is 5. The zero-order valence-corrected chi connectivity index (χ0v) is 17.3. The van der Waals surface area contributed by atoms with Crippen molar-refractivity contribution in [3.8, 4) is 11.3 Å². The van der Waals surface area contributed by atoms with Crippen LogP contribution in [0.15, 0.2) is 60.9 Å². The fraction of sp³-hybridized carbons (Fsp3) is 0.292. The third-order valence-corrected chi connectivity index (χ3v) is 5.36. The van der Waals surface area contributed by atoms with E-state index in [9.17, 15) is 4.79 Å². The highest BCUT2D eigenvalue weighted by molar-refractivity contribution is 5.94. The van der Waals surface area contributed by atoms with Gasteiger partial charge >= 0.3 is 0 Å². The van der Waals surface area contributed by atoms with Crippen LogP contribution in [0.2, 0.25) is 0 Å². The Labute approximate surface area is 176 Å². The molecular formula is C24H26N4O2. The van der Waals surface area contributed by atoms with Crippen LogP contribution in [0.25, 0.3) is 11.3 Å². The van der Waals surface area contributed by atoms with Crippen molar-refractivity contribution in [2.45, 2.75) is 19.9 Å². The van der Waals surface area contributed by atoms with Crippen LogP contribution in [0.5, 0.6) is 0 Å². The zero-order valence-electron chi connectivity index (χ0n) is 17.3. The highest BCUT2D eigenvalue weighted by atomic mass is 16.5. The lowest BCUT2D eigenvalue weighted by Gasteiger charge is -2.27. The number of nitrogens with one attached hydrogen (secondary N) is 1. The third kappa shape index (κ3) is 4.66. The predicted molar refractivity (Wildman–Crippen MR) is 118 cm³/mol. The predicted octanol–water partition coefficient (Wildman–Crippen LogP) is 3.78. The number of benzene rings is 2. The molecule has 0 saturated carbocycles. The van der Waals surface area contributed by atoms with Gasteiger partial charge in [-0.15, -0.1) is 0 Å². The number of aryl methyl sites for hydroxylation is 1. The molecule has 0 radical (unpaired) electrons. The molecule has 1 fully saturated rings. The standard InChI is InChI=1S/C24H26N4O2/c1-17-3-5-19(6-4-17)18(2)27-24(29)21-9-7-20(8-10-21)22-15-23(26-16-25-22)28-11-13-30-14-12-28/h3-10,15-16,18H,11-14H2,1-2H3,(H,27,29). The summed E-state index contributed by atoms with van der Waals surface area (Å²) in [6.07, 6.45) is 1.59. The largest absolute Gasteiger partial charge is 0.378 e. The second-order valence-electron chi connectivity index (χ2n) is 7.54. The lowest BCUT2D eigenvalue weighted by molar-refractivity contribution is 0.0940. The lowest BCUT2D eigenvalue weighted by Crippen LogP contribution is -2.36. The minimum Gasteiger partial charge on any atom is -0.378 e. The summed E-state index contributed by atoms with van der Waals surface area (Å²) in [5.41, 5.74) is 4.71. The van der Waals surface area contributed by atoms with Gasteiger partial charge in [0.05, 0.1) is 24.9 Å². The van der Waals surface area contributed by atoms with E-state index in [4.69, 9.17) is 4.74 Å². The van der Waals surface area contributed by atoms with Crippen LogP contribution >= 0.6 is 0 Å². The fourth-order valence-corrected chi connectivity index (χ4v) is 3.48. The number of anilines is 1. The van der Waals surface area contributed by atoms with Crippen molar-refractivity contribution < 1.29 is 9.53 Å². The van der Waals surface area contributed by atoms with Crippen LogP contribution in [0, 0.1) is 6.92 Å². The van der Waals surface area contributed by atoms with Crippen LogP contribution in [-0.2, 0) is 4.74 Å². The van der Waals surface area contributed by atoms with E-state index < -0.39 is 0 Å². The summed E-state index contributed by atoms with van der Waals surface area (Å²) in [6, 6.07) is 17.7. The maximum absolute atomic E-state index is 12.6. The number of rotatable bonds is 5. The number of aromatic nitrogens is 2. The van der Waals surface area contributed by atoms with E-state index in [1.165, 1.54) is 5.56 Å². The van der Waals surface area contributed by atoms with E-state index in [1.54, 1.807) is 6.33 Å². The Balaban J connectivity index is 1.44. The van der Waals surface area contributed by atoms with Crippen LogP contribution in [0.1, 0.15) is 34.5 Å². The third-order valence-electron chi connectivity index (χ3n) is 5.36. The Hall–Kier alpha value is -3.25. The molecule has 6 nitrogen and oxygen atoms in total. The first-order chi connectivity index (χ1) is 14.6. The lowest BCUT2D eigenvalue weighted by atomic mass is 10.1. The first-order valence-corrected chi connectivity index (χ1v) is 10.2. The summed E-state index contributed by atoms with van der Waals surface area (Å²) in [5.74, 6) is 0.809. The average Bonchev–Trinajstić information content (AvgIpc) is 2.80. The van der Waals surface area contributed by atoms with Crippen LogP contribution in [0.3, 0.4) is 0 Å². The van der Waals surface area contributed by atoms with E-state index in [2.05, 4.69) is 39.2 Å². The molecule has 3 aromatic rings. The van der Waals surface area contributed by atoms with Gasteiger partial charge in [0.25, 0.3) is 5.91 Å². The molecule has 0 bridgehead atoms. The van der Waals surface area contributed by atoms with Gasteiger partial charge in [0, 0.05) is 30.3 Å². The van der Waals surface area contributed by atoms with Crippen LogP contribution in [0.4, 0.5) is 5.82 Å². The molecular weight excluding hydrogens is 376 g/mol. The molecule has 2 aromatic carbocycles. The van der Waals surface area contributed by atoms with E-state index >= 15 is 0 Å². The van der Waals surface area contributed by atoms with Crippen LogP contribution in [-0.4, -0.2) is 42.2 Å². The number of carbonyl (C=O) groups excluding carboxylic acids is 1. The van der Waals surface area contributed by atoms with Gasteiger partial charge < -0.3 is 15.0 Å². The normalized spacial score (nSPS) is 14.9. The van der Waals surface area contributed by atoms with Gasteiger partial charge in [-0.25, -0.2) is 9.97 Å². The molecule has 0 aliphatic carbocycles. The molecule has 1 unspecified atom stereocenters. The number of morpholine rings is 1. The molecule has 30 heavy (non-hydrogen) atoms. The average molecular weight is 402 g/mol. The number of ether oxygens (including phenoxy) is 1. The van der Waals surface area contributed by atoms with E-state index in [0.717, 1.165) is 35.7 Å². The van der Waals surface area contributed by atoms with Crippen molar-refractivity contribution in [2.24, 2.45) is 0 Å². The Morgan fingerprint density at radius 1 is 1.03 bits per heavy atom. The maximum atomic E-state index is 12.6. The number of nitrogens with zero attached hydrogens (tertiary/aromatic N) is 3. The number of amides is 1. The van der Waals surface area contributed by atoms with Gasteiger partial charge in [-0.05, 0) is 31.5 Å². The summed E-state index contributed by atoms with van der Waals surface area (Å²) in [4.78, 5) is 23.6. The Kier molecular flexibility index (Phi) is 6.05. The summed E-state index contributed by atoms with van der Waals surface area (Å²) in [5, 5.41) is 3.06. The molecule has 154 valence electrons. The van der Waals surface area contributed by atoms with Gasteiger partial charge in [-0.3, -0.25) is 4.79 Å². The fourth-order valence-electron chi connectivity index (χ4n) is 3.48. The minimum atomic E-state index is -0.0914. The molecule has 1 aliphatic rings. The zero-order chi connectivity index (χ0) is 20.9. The molecule has 1 saturated heterocycles. The van der Waals surface area contributed by atoms with Crippen molar-refractivity contribution >= 4 is 11.7 Å². The molecule has 1 aliphatic heterocycles. The monoisotopic (exact) mass is 402 g/mol. The van der Waals surface area contributed by atoms with Gasteiger partial charge in [0.2, 0.25) is 0 Å². The highest BCUT2D eigenvalue weighted by Crippen LogP contribution is 2.22. The summed E-state index contributed by atoms with van der Waals surface area (Å²) in [7, 11) is 0. The quantitative estimate of drug-likeness (QED) is 0.704. The summed E-state index contributed by atoms with van der Waals surface area (Å²) >= 11 is 0. The summed E-state index contributed by atoms with van der Waals surface area (Å²) < 4.78 is 5.41. The Bertz CT molecular complexity index is 996. The van der Waals surface area contributed by atoms with Crippen molar-refractivity contribution in [2.75, 3.05) is 31.2 Å². The number of carbonyl (C=O) groups is 1. The first-order valence-electron chi connectivity index (χ1n) is 10.2. The Morgan fingerprint density at radius 2 is 1.73 bits per heavy atom. The molecule has 2 heterocycles. The molecule has 1 atom stereocenters. The van der Waals surface area contributed by atoms with Crippen molar-refractivity contribution in [1.29, 1.82) is 0 Å². The molecule has 4 rings (SSSR count). The van der Waals surface area contributed by atoms with Gasteiger partial charge in [-0.2, -0.15) is 0 Å². The van der Waals surface area contributed by atoms with Crippen molar-refractivity contribution in [3.63, 3.8) is 0 Å². The number of hydrogen-bond donors (Lipinski definition) is 1. The van der Waals surface area contributed by atoms with Gasteiger partial charge in [-0.1, -0.05) is 42.0 Å². The SMILES string of the molecule is Cc1ccc(C(C)NC(=O)c2ccc(-c3cc(N4CCOCC4)ncn3)cc2)cc1. The first kappa shape index (κ1) is 20.0. The van der Waals surface area contributed by atoms with Crippen molar-refractivity contribution in [1.82, 2.24) is 15.3 Å².